The molecule has 2 heterocycles. The molecule has 0 aliphatic rings. The average Bonchev–Trinajstić information content (AvgIpc) is 3.30. The van der Waals surface area contributed by atoms with Crippen LogP contribution >= 0.6 is 42.4 Å². The summed E-state index contributed by atoms with van der Waals surface area (Å²) in [7, 11) is -3.71. The van der Waals surface area contributed by atoms with Crippen LogP contribution in [0.15, 0.2) is 16.9 Å². The number of esters is 1. The van der Waals surface area contributed by atoms with E-state index >= 15 is 0 Å². The molecule has 3 aromatic rings. The van der Waals surface area contributed by atoms with Gasteiger partial charge in [0, 0.05) is 24.0 Å². The average molecular weight is 873 g/mol. The predicted molar refractivity (Wildman–Crippen MR) is 202 cm³/mol. The number of aliphatic carboxylic acids is 1. The molecule has 0 fully saturated rings. The van der Waals surface area contributed by atoms with Crippen LogP contribution in [0.4, 0.5) is 25.1 Å². The topological polar surface area (TPSA) is 239 Å². The van der Waals surface area contributed by atoms with Crippen molar-refractivity contribution in [2.75, 3.05) is 55.4 Å². The summed E-state index contributed by atoms with van der Waals surface area (Å²) >= 11 is 17.6. The molecule has 5 N–H and O–H groups in total. The highest BCUT2D eigenvalue weighted by Crippen LogP contribution is 2.26. The van der Waals surface area contributed by atoms with E-state index in [1.807, 2.05) is 26.1 Å². The molecule has 54 heavy (non-hydrogen) atoms. The second kappa shape index (κ2) is 25.1. The minimum Gasteiger partial charge on any atom is -0.778 e. The monoisotopic (exact) mass is 871 g/mol. The zero-order valence-corrected chi connectivity index (χ0v) is 34.6. The first-order valence-electron chi connectivity index (χ1n) is 15.6. The van der Waals surface area contributed by atoms with Crippen LogP contribution in [-0.4, -0.2) is 107 Å². The zero-order valence-electron chi connectivity index (χ0n) is 30.6. The van der Waals surface area contributed by atoms with Crippen LogP contribution in [0.5, 0.6) is 0 Å². The summed E-state index contributed by atoms with van der Waals surface area (Å²) in [6.07, 6.45) is 5.76. The Labute approximate surface area is 327 Å². The maximum Gasteiger partial charge on any atom is 0.355 e. The zero-order chi connectivity index (χ0) is 41.9. The summed E-state index contributed by atoms with van der Waals surface area (Å²) in [6, 6.07) is 2.29. The Hall–Kier alpha value is -3.17. The van der Waals surface area contributed by atoms with E-state index in [0.717, 1.165) is 18.7 Å². The van der Waals surface area contributed by atoms with Crippen molar-refractivity contribution in [3.63, 3.8) is 0 Å². The molecular formula is C29H44Cl3F3N9O8PS. The first-order valence-corrected chi connectivity index (χ1v) is 21.0. The van der Waals surface area contributed by atoms with Gasteiger partial charge in [0.25, 0.3) is 0 Å². The molecule has 0 saturated heterocycles. The molecule has 17 nitrogen and oxygen atoms in total. The van der Waals surface area contributed by atoms with Gasteiger partial charge in [0.15, 0.2) is 5.82 Å². The van der Waals surface area contributed by atoms with Gasteiger partial charge in [0.1, 0.15) is 24.5 Å². The van der Waals surface area contributed by atoms with Gasteiger partial charge in [-0.3, -0.25) is 14.9 Å². The Bertz CT molecular complexity index is 1750. The minimum absolute atomic E-state index is 0.0424. The number of hydrogen-bond donors (Lipinski definition) is 5. The molecule has 25 heteroatoms. The number of nitrogens with zero attached hydrogens (tertiary/aromatic N) is 6. The highest BCUT2D eigenvalue weighted by Gasteiger charge is 2.23. The smallest absolute Gasteiger partial charge is 0.355 e. The Kier molecular flexibility index (Phi) is 23.6. The van der Waals surface area contributed by atoms with Crippen molar-refractivity contribution >= 4 is 77.1 Å². The van der Waals surface area contributed by atoms with E-state index in [1.165, 1.54) is 6.92 Å². The van der Waals surface area contributed by atoms with Gasteiger partial charge in [-0.1, -0.05) is 11.6 Å². The van der Waals surface area contributed by atoms with Gasteiger partial charge in [-0.05, 0) is 74.8 Å². The normalized spacial score (nSPS) is 12.4. The number of nitrogens with one attached hydrogen (secondary N) is 3. The molecule has 2 atom stereocenters. The number of aryl methyl sites for hydroxylation is 1. The number of carbonyl (C=O) groups excluding carboxylic acids is 1. The molecule has 3 rings (SSSR count). The number of rotatable bonds is 14. The van der Waals surface area contributed by atoms with Crippen LogP contribution in [0.25, 0.3) is 5.69 Å². The lowest BCUT2D eigenvalue weighted by atomic mass is 10.1. The lowest BCUT2D eigenvalue weighted by Gasteiger charge is -2.14. The first kappa shape index (κ1) is 50.8. The fourth-order valence-electron chi connectivity index (χ4n) is 3.48. The van der Waals surface area contributed by atoms with E-state index in [1.54, 1.807) is 6.92 Å². The third kappa shape index (κ3) is 20.5. The van der Waals surface area contributed by atoms with E-state index in [0.29, 0.717) is 27.5 Å². The van der Waals surface area contributed by atoms with Crippen LogP contribution in [0.3, 0.4) is 0 Å². The molecular weight excluding hydrogens is 829 g/mol. The number of carbonyl (C=O) groups is 2. The van der Waals surface area contributed by atoms with Gasteiger partial charge in [0.05, 0.1) is 38.2 Å². The second-order valence-electron chi connectivity index (χ2n) is 11.1. The van der Waals surface area contributed by atoms with Crippen LogP contribution in [0.1, 0.15) is 45.6 Å². The fourth-order valence-corrected chi connectivity index (χ4v) is 4.49. The Morgan fingerprint density at radius 2 is 1.69 bits per heavy atom. The van der Waals surface area contributed by atoms with E-state index in [2.05, 4.69) is 49.5 Å². The van der Waals surface area contributed by atoms with Crippen LogP contribution in [0, 0.1) is 12.7 Å². The SMILES string of the molecule is CCNc1nc(Cl)nc(NC(C)C)n1.CCOC(=O)C(Cl)Cc1cc(-n2nc(C)n(C(F)F)c2=O)c(F)cc1Cl.C[S+](C)C.O=C(O)CNCP(=O)([O-])O. The molecule has 2 aromatic heterocycles. The third-order valence-corrected chi connectivity index (χ3v) is 6.89. The van der Waals surface area contributed by atoms with Crippen LogP contribution in [0.2, 0.25) is 10.3 Å². The van der Waals surface area contributed by atoms with Crippen molar-refractivity contribution in [1.29, 1.82) is 0 Å². The second-order valence-corrected chi connectivity index (χ2v) is 16.4. The van der Waals surface area contributed by atoms with Crippen LogP contribution in [-0.2, 0) is 36.2 Å². The van der Waals surface area contributed by atoms with Crippen molar-refractivity contribution in [3.8, 4) is 5.69 Å². The molecule has 0 aliphatic heterocycles. The summed E-state index contributed by atoms with van der Waals surface area (Å²) in [5.41, 5.74) is -1.37. The molecule has 0 radical (unpaired) electrons. The highest BCUT2D eigenvalue weighted by atomic mass is 35.5. The van der Waals surface area contributed by atoms with Gasteiger partial charge in [-0.2, -0.15) is 28.4 Å². The predicted octanol–water partition coefficient (Wildman–Crippen LogP) is 3.68. The van der Waals surface area contributed by atoms with E-state index < -0.39 is 55.8 Å². The molecule has 306 valence electrons. The number of alkyl halides is 3. The van der Waals surface area contributed by atoms with Gasteiger partial charge < -0.3 is 34.8 Å². The van der Waals surface area contributed by atoms with Crippen molar-refractivity contribution < 1.29 is 47.0 Å². The van der Waals surface area contributed by atoms with E-state index in [-0.39, 0.29) is 51.0 Å². The van der Waals surface area contributed by atoms with Gasteiger partial charge in [-0.15, -0.1) is 16.7 Å². The molecule has 0 aliphatic carbocycles. The molecule has 2 unspecified atom stereocenters. The lowest BCUT2D eigenvalue weighted by molar-refractivity contribution is -0.193. The van der Waals surface area contributed by atoms with Gasteiger partial charge >= 0.3 is 24.2 Å². The summed E-state index contributed by atoms with van der Waals surface area (Å²) in [5.74, 6) is -2.10. The summed E-state index contributed by atoms with van der Waals surface area (Å²) in [5, 5.41) is 18.7. The Morgan fingerprint density at radius 1 is 1.11 bits per heavy atom. The number of carboxylic acids is 1. The largest absolute Gasteiger partial charge is 0.778 e. The maximum absolute atomic E-state index is 14.2. The Morgan fingerprint density at radius 3 is 2.15 bits per heavy atom. The summed E-state index contributed by atoms with van der Waals surface area (Å²) in [4.78, 5) is 63.5. The number of benzene rings is 1. The number of hydrogen-bond acceptors (Lipinski definition) is 13. The summed E-state index contributed by atoms with van der Waals surface area (Å²) in [6.45, 7) is 6.05. The molecule has 0 bridgehead atoms. The van der Waals surface area contributed by atoms with Gasteiger partial charge in [0.2, 0.25) is 17.2 Å². The van der Waals surface area contributed by atoms with E-state index in [9.17, 15) is 37.0 Å². The maximum atomic E-state index is 14.2. The Balaban J connectivity index is 0.000000837. The van der Waals surface area contributed by atoms with Crippen LogP contribution < -0.4 is 26.5 Å². The molecule has 0 spiro atoms. The van der Waals surface area contributed by atoms with Crippen molar-refractivity contribution in [1.82, 2.24) is 34.6 Å². The van der Waals surface area contributed by atoms with E-state index in [4.69, 9.17) is 49.5 Å². The lowest BCUT2D eigenvalue weighted by Crippen LogP contribution is -2.25. The number of ether oxygens (including phenoxy) is 1. The number of aromatic nitrogens is 6. The summed E-state index contributed by atoms with van der Waals surface area (Å²) < 4.78 is 55.4. The number of carboxylic acid groups (broad SMARTS) is 1. The first-order chi connectivity index (χ1) is 24.9. The van der Waals surface area contributed by atoms with Gasteiger partial charge in [-0.25, -0.2) is 13.8 Å². The molecule has 0 amide bonds. The highest BCUT2D eigenvalue weighted by molar-refractivity contribution is 7.94. The van der Waals surface area contributed by atoms with Crippen molar-refractivity contribution in [2.24, 2.45) is 0 Å². The fraction of sp³-hybridized carbons (Fsp3) is 0.552. The third-order valence-electron chi connectivity index (χ3n) is 5.41. The molecule has 1 aromatic carbocycles. The number of anilines is 2. The quantitative estimate of drug-likeness (QED) is 0.0672. The van der Waals surface area contributed by atoms with Crippen molar-refractivity contribution in [3.05, 3.63) is 50.1 Å². The van der Waals surface area contributed by atoms with Crippen molar-refractivity contribution in [2.45, 2.75) is 59.0 Å². The minimum atomic E-state index is -4.35. The molecule has 0 saturated carbocycles. The standard InChI is InChI=1S/C15H14Cl2F3N3O3.C8H14ClN5.C3H8NO5P.C3H9S/c1-3-26-13(24)10(17)4-8-5-12(11(18)6-9(8)16)23-15(25)22(14(19)20)7(2)21-23;1-4-10-7-12-6(9)13-8(14-7)11-5(2)3;5-3(6)1-4-2-10(7,8)9;1-4(2)3/h5-6,10,14H,3-4H2,1-2H3;5H,4H2,1-3H3,(H2,10,11,12,13,14);4H,1-2H2,(H,5,6)(H2,7,8,9);1-3H3/q;;;+1/p-1. The number of halogens is 6.